The zero-order valence-corrected chi connectivity index (χ0v) is 15.1. The van der Waals surface area contributed by atoms with Gasteiger partial charge in [0.05, 0.1) is 5.71 Å². The van der Waals surface area contributed by atoms with E-state index in [0.717, 1.165) is 11.3 Å². The Morgan fingerprint density at radius 1 is 0.923 bits per heavy atom. The molecule has 0 bridgehead atoms. The van der Waals surface area contributed by atoms with Crippen LogP contribution in [0.2, 0.25) is 0 Å². The van der Waals surface area contributed by atoms with Crippen molar-refractivity contribution in [3.63, 3.8) is 0 Å². The summed E-state index contributed by atoms with van der Waals surface area (Å²) >= 11 is 0. The number of hydrogen-bond donors (Lipinski definition) is 1. The lowest BCUT2D eigenvalue weighted by Gasteiger charge is -2.20. The molecule has 0 aliphatic carbocycles. The van der Waals surface area contributed by atoms with Gasteiger partial charge in [0.2, 0.25) is 0 Å². The molecular formula is C22H23N3O. The first-order chi connectivity index (χ1) is 12.7. The highest BCUT2D eigenvalue weighted by Crippen LogP contribution is 2.30. The van der Waals surface area contributed by atoms with Gasteiger partial charge in [-0.25, -0.2) is 0 Å². The van der Waals surface area contributed by atoms with Crippen molar-refractivity contribution in [1.29, 1.82) is 0 Å². The van der Waals surface area contributed by atoms with Crippen LogP contribution >= 0.6 is 0 Å². The van der Waals surface area contributed by atoms with Crippen molar-refractivity contribution < 1.29 is 5.21 Å². The zero-order valence-electron chi connectivity index (χ0n) is 15.1. The number of hydrogen-bond acceptors (Lipinski definition) is 4. The average molecular weight is 345 g/mol. The Labute approximate surface area is 154 Å². The first-order valence-corrected chi connectivity index (χ1v) is 8.62. The molecule has 0 fully saturated rings. The zero-order chi connectivity index (χ0) is 18.4. The second kappa shape index (κ2) is 8.30. The van der Waals surface area contributed by atoms with Crippen molar-refractivity contribution >= 4 is 11.4 Å². The van der Waals surface area contributed by atoms with Crippen LogP contribution in [0.4, 0.5) is 5.69 Å². The van der Waals surface area contributed by atoms with Gasteiger partial charge in [-0.2, -0.15) is 0 Å². The van der Waals surface area contributed by atoms with Crippen molar-refractivity contribution in [3.8, 4) is 0 Å². The number of nitrogens with zero attached hydrogens (tertiary/aromatic N) is 3. The highest BCUT2D eigenvalue weighted by molar-refractivity contribution is 6.00. The molecule has 1 aromatic heterocycles. The molecule has 132 valence electrons. The molecule has 0 amide bonds. The normalized spacial score (nSPS) is 12.6. The van der Waals surface area contributed by atoms with Crippen molar-refractivity contribution in [2.45, 2.75) is 12.3 Å². The van der Waals surface area contributed by atoms with E-state index in [0.29, 0.717) is 12.1 Å². The van der Waals surface area contributed by atoms with Gasteiger partial charge in [-0.05, 0) is 35.4 Å². The Morgan fingerprint density at radius 2 is 1.54 bits per heavy atom. The van der Waals surface area contributed by atoms with Gasteiger partial charge in [0.15, 0.2) is 0 Å². The summed E-state index contributed by atoms with van der Waals surface area (Å²) in [5.74, 6) is 0.103. The molecule has 0 aliphatic heterocycles. The summed E-state index contributed by atoms with van der Waals surface area (Å²) in [6.07, 6.45) is 4.03. The molecule has 0 aliphatic rings. The molecule has 0 spiro atoms. The third-order valence-electron chi connectivity index (χ3n) is 4.55. The van der Waals surface area contributed by atoms with Crippen LogP contribution in [-0.4, -0.2) is 30.0 Å². The van der Waals surface area contributed by atoms with Gasteiger partial charge in [0.1, 0.15) is 0 Å². The minimum atomic E-state index is 0.103. The molecule has 3 rings (SSSR count). The maximum atomic E-state index is 9.60. The lowest BCUT2D eigenvalue weighted by molar-refractivity contribution is 0.317. The second-order valence-corrected chi connectivity index (χ2v) is 6.44. The fraction of sp³-hybridized carbons (Fsp3) is 0.182. The van der Waals surface area contributed by atoms with E-state index in [1.54, 1.807) is 12.4 Å². The Kier molecular flexibility index (Phi) is 5.64. The number of anilines is 1. The van der Waals surface area contributed by atoms with Crippen LogP contribution in [0.15, 0.2) is 84.3 Å². The summed E-state index contributed by atoms with van der Waals surface area (Å²) in [4.78, 5) is 6.12. The molecule has 2 aromatic carbocycles. The molecule has 4 heteroatoms. The predicted molar refractivity (Wildman–Crippen MR) is 106 cm³/mol. The highest BCUT2D eigenvalue weighted by atomic mass is 16.4. The van der Waals surface area contributed by atoms with E-state index < -0.39 is 0 Å². The fourth-order valence-electron chi connectivity index (χ4n) is 3.07. The van der Waals surface area contributed by atoms with Crippen LogP contribution in [0, 0.1) is 0 Å². The SMILES string of the molecule is CN(C)c1ccc(C(CC(=NO)c2ccncc2)c2ccccc2)cc1. The molecule has 1 N–H and O–H groups in total. The van der Waals surface area contributed by atoms with E-state index in [-0.39, 0.29) is 5.92 Å². The summed E-state index contributed by atoms with van der Waals surface area (Å²) in [7, 11) is 4.06. The maximum absolute atomic E-state index is 9.60. The summed E-state index contributed by atoms with van der Waals surface area (Å²) < 4.78 is 0. The van der Waals surface area contributed by atoms with Gasteiger partial charge in [0.25, 0.3) is 0 Å². The molecule has 1 atom stereocenters. The second-order valence-electron chi connectivity index (χ2n) is 6.44. The summed E-state index contributed by atoms with van der Waals surface area (Å²) in [6.45, 7) is 0. The van der Waals surface area contributed by atoms with Gasteiger partial charge in [-0.15, -0.1) is 0 Å². The predicted octanol–water partition coefficient (Wildman–Crippen LogP) is 4.55. The van der Waals surface area contributed by atoms with Crippen LogP contribution in [-0.2, 0) is 0 Å². The Morgan fingerprint density at radius 3 is 2.12 bits per heavy atom. The van der Waals surface area contributed by atoms with Crippen molar-refractivity contribution in [2.75, 3.05) is 19.0 Å². The summed E-state index contributed by atoms with van der Waals surface area (Å²) in [5, 5.41) is 13.2. The minimum absolute atomic E-state index is 0.103. The van der Waals surface area contributed by atoms with Gasteiger partial charge in [-0.1, -0.05) is 47.6 Å². The number of aromatic nitrogens is 1. The standard InChI is InChI=1S/C22H23N3O/c1-25(2)20-10-8-18(9-11-20)21(17-6-4-3-5-7-17)16-22(24-26)19-12-14-23-15-13-19/h3-15,21,26H,16H2,1-2H3. The first kappa shape index (κ1) is 17.7. The van der Waals surface area contributed by atoms with Gasteiger partial charge < -0.3 is 10.1 Å². The molecule has 0 radical (unpaired) electrons. The first-order valence-electron chi connectivity index (χ1n) is 8.62. The van der Waals surface area contributed by atoms with E-state index in [4.69, 9.17) is 0 Å². The van der Waals surface area contributed by atoms with Crippen LogP contribution in [0.5, 0.6) is 0 Å². The van der Waals surface area contributed by atoms with E-state index in [1.165, 1.54) is 11.1 Å². The average Bonchev–Trinajstić information content (AvgIpc) is 2.70. The fourth-order valence-corrected chi connectivity index (χ4v) is 3.07. The third-order valence-corrected chi connectivity index (χ3v) is 4.55. The molecule has 4 nitrogen and oxygen atoms in total. The van der Waals surface area contributed by atoms with E-state index in [9.17, 15) is 5.21 Å². The third kappa shape index (κ3) is 4.09. The molecule has 26 heavy (non-hydrogen) atoms. The van der Waals surface area contributed by atoms with Crippen molar-refractivity contribution in [1.82, 2.24) is 4.98 Å². The summed E-state index contributed by atoms with van der Waals surface area (Å²) in [5.41, 5.74) is 5.08. The highest BCUT2D eigenvalue weighted by Gasteiger charge is 2.18. The molecule has 1 unspecified atom stereocenters. The number of oxime groups is 1. The van der Waals surface area contributed by atoms with Crippen LogP contribution < -0.4 is 4.90 Å². The molecular weight excluding hydrogens is 322 g/mol. The van der Waals surface area contributed by atoms with Gasteiger partial charge in [-0.3, -0.25) is 4.98 Å². The van der Waals surface area contributed by atoms with Crippen molar-refractivity contribution in [2.24, 2.45) is 5.16 Å². The van der Waals surface area contributed by atoms with Crippen LogP contribution in [0.25, 0.3) is 0 Å². The Balaban J connectivity index is 1.96. The lowest BCUT2D eigenvalue weighted by Crippen LogP contribution is -2.12. The molecule has 3 aromatic rings. The van der Waals surface area contributed by atoms with E-state index in [2.05, 4.69) is 51.4 Å². The number of rotatable bonds is 6. The van der Waals surface area contributed by atoms with E-state index >= 15 is 0 Å². The quantitative estimate of drug-likeness (QED) is 0.405. The Hall–Kier alpha value is -3.14. The molecule has 0 saturated carbocycles. The van der Waals surface area contributed by atoms with E-state index in [1.807, 2.05) is 44.4 Å². The number of pyridine rings is 1. The number of benzene rings is 2. The van der Waals surface area contributed by atoms with Gasteiger partial charge in [0, 0.05) is 50.1 Å². The topological polar surface area (TPSA) is 48.7 Å². The monoisotopic (exact) mass is 345 g/mol. The maximum Gasteiger partial charge on any atom is 0.0878 e. The largest absolute Gasteiger partial charge is 0.411 e. The molecule has 1 heterocycles. The van der Waals surface area contributed by atoms with Crippen molar-refractivity contribution in [3.05, 3.63) is 95.8 Å². The Bertz CT molecular complexity index is 844. The van der Waals surface area contributed by atoms with Crippen LogP contribution in [0.1, 0.15) is 29.0 Å². The van der Waals surface area contributed by atoms with Gasteiger partial charge >= 0.3 is 0 Å². The van der Waals surface area contributed by atoms with Crippen LogP contribution in [0.3, 0.4) is 0 Å². The summed E-state index contributed by atoms with van der Waals surface area (Å²) in [6, 6.07) is 22.6. The lowest BCUT2D eigenvalue weighted by atomic mass is 9.85. The minimum Gasteiger partial charge on any atom is -0.411 e. The molecule has 0 saturated heterocycles. The smallest absolute Gasteiger partial charge is 0.0878 e.